The van der Waals surface area contributed by atoms with E-state index >= 15 is 0 Å². The van der Waals surface area contributed by atoms with Crippen LogP contribution in [0.15, 0.2) is 6.20 Å². The smallest absolute Gasteiger partial charge is 0.329 e. The van der Waals surface area contributed by atoms with Gasteiger partial charge in [0.1, 0.15) is 6.20 Å². The Balaban J connectivity index is 2.43. The molecule has 0 aromatic carbocycles. The summed E-state index contributed by atoms with van der Waals surface area (Å²) in [5.41, 5.74) is -0.0876. The number of halogens is 1. The van der Waals surface area contributed by atoms with Gasteiger partial charge in [-0.2, -0.15) is 4.98 Å². The van der Waals surface area contributed by atoms with Crippen LogP contribution in [0.3, 0.4) is 0 Å². The van der Waals surface area contributed by atoms with Crippen LogP contribution in [0.25, 0.3) is 0 Å². The molecule has 0 saturated carbocycles. The molecule has 1 aromatic heterocycles. The molecule has 7 heteroatoms. The molecule has 0 N–H and O–H groups in total. The van der Waals surface area contributed by atoms with E-state index in [1.165, 1.54) is 6.20 Å². The van der Waals surface area contributed by atoms with Crippen molar-refractivity contribution in [3.63, 3.8) is 0 Å². The Hall–Kier alpha value is -1.43. The zero-order valence-corrected chi connectivity index (χ0v) is 10.4. The van der Waals surface area contributed by atoms with E-state index in [-0.39, 0.29) is 17.0 Å². The van der Waals surface area contributed by atoms with Gasteiger partial charge in [0.15, 0.2) is 0 Å². The van der Waals surface area contributed by atoms with Crippen LogP contribution >= 0.6 is 11.6 Å². The van der Waals surface area contributed by atoms with Gasteiger partial charge < -0.3 is 4.90 Å². The van der Waals surface area contributed by atoms with Crippen molar-refractivity contribution in [1.29, 1.82) is 0 Å². The molecule has 0 bridgehead atoms. The van der Waals surface area contributed by atoms with Gasteiger partial charge in [-0.05, 0) is 30.9 Å². The topological polar surface area (TPSA) is 72.2 Å². The van der Waals surface area contributed by atoms with Crippen LogP contribution in [0.1, 0.15) is 20.3 Å². The highest BCUT2D eigenvalue weighted by Crippen LogP contribution is 2.33. The maximum Gasteiger partial charge on any atom is 0.329 e. The highest BCUT2D eigenvalue weighted by molar-refractivity contribution is 6.28. The lowest BCUT2D eigenvalue weighted by Crippen LogP contribution is -2.28. The zero-order chi connectivity index (χ0) is 12.6. The van der Waals surface area contributed by atoms with Crippen LogP contribution in [-0.2, 0) is 0 Å². The lowest BCUT2D eigenvalue weighted by atomic mass is 10.1. The van der Waals surface area contributed by atoms with Gasteiger partial charge in [-0.3, -0.25) is 10.1 Å². The largest absolute Gasteiger partial charge is 0.348 e. The summed E-state index contributed by atoms with van der Waals surface area (Å²) in [7, 11) is 0. The van der Waals surface area contributed by atoms with Crippen molar-refractivity contribution in [1.82, 2.24) is 9.97 Å². The van der Waals surface area contributed by atoms with Crippen LogP contribution in [0.4, 0.5) is 11.5 Å². The second-order valence-electron chi connectivity index (χ2n) is 4.45. The van der Waals surface area contributed by atoms with Crippen molar-refractivity contribution in [2.75, 3.05) is 11.4 Å². The van der Waals surface area contributed by atoms with Crippen molar-refractivity contribution in [2.24, 2.45) is 5.92 Å². The first-order chi connectivity index (χ1) is 7.99. The maximum absolute atomic E-state index is 10.9. The van der Waals surface area contributed by atoms with Crippen LogP contribution in [0.2, 0.25) is 5.28 Å². The van der Waals surface area contributed by atoms with Crippen molar-refractivity contribution in [2.45, 2.75) is 26.3 Å². The van der Waals surface area contributed by atoms with Gasteiger partial charge in [0.25, 0.3) is 0 Å². The molecule has 0 radical (unpaired) electrons. The molecule has 92 valence electrons. The molecule has 6 nitrogen and oxygen atoms in total. The van der Waals surface area contributed by atoms with Gasteiger partial charge in [0.05, 0.1) is 4.92 Å². The van der Waals surface area contributed by atoms with E-state index in [1.807, 2.05) is 11.8 Å². The minimum Gasteiger partial charge on any atom is -0.348 e. The number of rotatable bonds is 2. The van der Waals surface area contributed by atoms with Crippen molar-refractivity contribution >= 4 is 23.1 Å². The first kappa shape index (κ1) is 12.0. The number of nitrogens with zero attached hydrogens (tertiary/aromatic N) is 4. The Bertz CT molecular complexity index is 454. The fourth-order valence-corrected chi connectivity index (χ4v) is 2.41. The van der Waals surface area contributed by atoms with Gasteiger partial charge in [0, 0.05) is 12.6 Å². The van der Waals surface area contributed by atoms with Crippen LogP contribution in [0.5, 0.6) is 0 Å². The molecule has 2 unspecified atom stereocenters. The quantitative estimate of drug-likeness (QED) is 0.461. The maximum atomic E-state index is 10.9. The molecule has 1 fully saturated rings. The van der Waals surface area contributed by atoms with E-state index < -0.39 is 4.92 Å². The molecule has 0 spiro atoms. The Morgan fingerprint density at radius 2 is 2.29 bits per heavy atom. The number of nitro groups is 1. The summed E-state index contributed by atoms with van der Waals surface area (Å²) in [4.78, 5) is 20.1. The highest BCUT2D eigenvalue weighted by Gasteiger charge is 2.32. The second kappa shape index (κ2) is 4.44. The number of anilines is 1. The average Bonchev–Trinajstić information content (AvgIpc) is 2.57. The van der Waals surface area contributed by atoms with Gasteiger partial charge >= 0.3 is 5.69 Å². The summed E-state index contributed by atoms with van der Waals surface area (Å²) in [6.07, 6.45) is 2.17. The Morgan fingerprint density at radius 3 is 2.82 bits per heavy atom. The fraction of sp³-hybridized carbons (Fsp3) is 0.600. The van der Waals surface area contributed by atoms with Crippen LogP contribution < -0.4 is 4.90 Å². The zero-order valence-electron chi connectivity index (χ0n) is 9.63. The molecule has 2 atom stereocenters. The Morgan fingerprint density at radius 1 is 1.59 bits per heavy atom. The molecule has 2 heterocycles. The van der Waals surface area contributed by atoms with E-state index in [2.05, 4.69) is 16.9 Å². The summed E-state index contributed by atoms with van der Waals surface area (Å²) >= 11 is 5.71. The standard InChI is InChI=1S/C10H13ClN4O2/c1-6-3-7(2)14(5-6)9-8(15(16)17)4-12-10(11)13-9/h4,6-7H,3,5H2,1-2H3. The number of aromatic nitrogens is 2. The number of hydrogen-bond acceptors (Lipinski definition) is 5. The molecule has 0 amide bonds. The van der Waals surface area contributed by atoms with E-state index in [1.54, 1.807) is 0 Å². The van der Waals surface area contributed by atoms with Crippen LogP contribution in [-0.4, -0.2) is 27.5 Å². The first-order valence-corrected chi connectivity index (χ1v) is 5.80. The minimum atomic E-state index is -0.471. The summed E-state index contributed by atoms with van der Waals surface area (Å²) in [6.45, 7) is 4.91. The summed E-state index contributed by atoms with van der Waals surface area (Å²) < 4.78 is 0. The van der Waals surface area contributed by atoms with Crippen molar-refractivity contribution < 1.29 is 4.92 Å². The number of hydrogen-bond donors (Lipinski definition) is 0. The SMILES string of the molecule is CC1CC(C)N(c2nc(Cl)ncc2[N+](=O)[O-])C1. The molecule has 1 aromatic rings. The Kier molecular flexibility index (Phi) is 3.15. The molecular weight excluding hydrogens is 244 g/mol. The summed E-state index contributed by atoms with van der Waals surface area (Å²) in [5.74, 6) is 0.824. The predicted octanol–water partition coefficient (Wildman–Crippen LogP) is 2.27. The van der Waals surface area contributed by atoms with Gasteiger partial charge in [-0.1, -0.05) is 6.92 Å². The predicted molar refractivity (Wildman–Crippen MR) is 64.3 cm³/mol. The molecule has 0 aliphatic carbocycles. The van der Waals surface area contributed by atoms with Crippen LogP contribution in [0, 0.1) is 16.0 Å². The fourth-order valence-electron chi connectivity index (χ4n) is 2.28. The third kappa shape index (κ3) is 2.31. The van der Waals surface area contributed by atoms with Gasteiger partial charge in [-0.25, -0.2) is 4.98 Å². The summed E-state index contributed by atoms with van der Waals surface area (Å²) in [5, 5.41) is 11.0. The van der Waals surface area contributed by atoms with E-state index in [9.17, 15) is 10.1 Å². The third-order valence-corrected chi connectivity index (χ3v) is 3.16. The molecule has 2 rings (SSSR count). The highest BCUT2D eigenvalue weighted by atomic mass is 35.5. The Labute approximate surface area is 104 Å². The minimum absolute atomic E-state index is 0.0392. The summed E-state index contributed by atoms with van der Waals surface area (Å²) in [6, 6.07) is 0.231. The molecule has 1 aliphatic heterocycles. The monoisotopic (exact) mass is 256 g/mol. The van der Waals surface area contributed by atoms with E-state index in [0.717, 1.165) is 13.0 Å². The molecule has 1 aliphatic rings. The first-order valence-electron chi connectivity index (χ1n) is 5.42. The normalized spacial score (nSPS) is 24.1. The lowest BCUT2D eigenvalue weighted by molar-refractivity contribution is -0.384. The van der Waals surface area contributed by atoms with Gasteiger partial charge in [-0.15, -0.1) is 0 Å². The molecule has 1 saturated heterocycles. The second-order valence-corrected chi connectivity index (χ2v) is 4.79. The lowest BCUT2D eigenvalue weighted by Gasteiger charge is -2.21. The van der Waals surface area contributed by atoms with Crippen molar-refractivity contribution in [3.8, 4) is 0 Å². The average molecular weight is 257 g/mol. The van der Waals surface area contributed by atoms with E-state index in [0.29, 0.717) is 11.7 Å². The van der Waals surface area contributed by atoms with E-state index in [4.69, 9.17) is 11.6 Å². The molecule has 17 heavy (non-hydrogen) atoms. The third-order valence-electron chi connectivity index (χ3n) is 2.97. The van der Waals surface area contributed by atoms with Crippen molar-refractivity contribution in [3.05, 3.63) is 21.6 Å². The molecular formula is C10H13ClN4O2. The van der Waals surface area contributed by atoms with Gasteiger partial charge in [0.2, 0.25) is 11.1 Å².